The molecule has 0 spiro atoms. The van der Waals surface area contributed by atoms with Gasteiger partial charge in [-0.1, -0.05) is 37.6 Å². The molecule has 0 unspecified atom stereocenters. The molecular weight excluding hydrogens is 198 g/mol. The Labute approximate surface area is 98.1 Å². The van der Waals surface area contributed by atoms with Gasteiger partial charge in [0, 0.05) is 5.56 Å². The summed E-state index contributed by atoms with van der Waals surface area (Å²) in [5, 5.41) is 3.18. The van der Waals surface area contributed by atoms with Gasteiger partial charge in [0.1, 0.15) is 0 Å². The molecule has 1 rings (SSSR count). The average molecular weight is 219 g/mol. The van der Waals surface area contributed by atoms with Crippen molar-refractivity contribution in [3.05, 3.63) is 34.9 Å². The molecule has 0 fully saturated rings. The standard InChI is InChI=1S/C14H21NO/c1-10(2)8-15-9-14(16)13-6-5-11(3)7-12(13)4/h5-7,10,15H,8-9H2,1-4H3. The van der Waals surface area contributed by atoms with E-state index < -0.39 is 0 Å². The van der Waals surface area contributed by atoms with Gasteiger partial charge in [-0.2, -0.15) is 0 Å². The van der Waals surface area contributed by atoms with Gasteiger partial charge >= 0.3 is 0 Å². The van der Waals surface area contributed by atoms with E-state index in [4.69, 9.17) is 0 Å². The summed E-state index contributed by atoms with van der Waals surface area (Å²) in [5.41, 5.74) is 3.10. The number of benzene rings is 1. The third-order valence-corrected chi connectivity index (χ3v) is 2.52. The molecule has 0 atom stereocenters. The van der Waals surface area contributed by atoms with E-state index >= 15 is 0 Å². The van der Waals surface area contributed by atoms with E-state index in [2.05, 4.69) is 25.2 Å². The van der Waals surface area contributed by atoms with Crippen LogP contribution in [0.25, 0.3) is 0 Å². The molecule has 88 valence electrons. The second-order valence-corrected chi connectivity index (χ2v) is 4.77. The minimum Gasteiger partial charge on any atom is -0.309 e. The highest BCUT2D eigenvalue weighted by molar-refractivity contribution is 5.98. The summed E-state index contributed by atoms with van der Waals surface area (Å²) in [6, 6.07) is 5.96. The number of hydrogen-bond acceptors (Lipinski definition) is 2. The first kappa shape index (κ1) is 12.9. The smallest absolute Gasteiger partial charge is 0.176 e. The normalized spacial score (nSPS) is 10.8. The molecule has 0 saturated heterocycles. The summed E-state index contributed by atoms with van der Waals surface area (Å²) in [6.07, 6.45) is 0. The third kappa shape index (κ3) is 3.78. The second kappa shape index (κ2) is 5.80. The molecule has 0 radical (unpaired) electrons. The predicted molar refractivity (Wildman–Crippen MR) is 68.0 cm³/mol. The van der Waals surface area contributed by atoms with E-state index in [1.54, 1.807) is 0 Å². The van der Waals surface area contributed by atoms with Gasteiger partial charge < -0.3 is 5.32 Å². The largest absolute Gasteiger partial charge is 0.309 e. The van der Waals surface area contributed by atoms with Crippen LogP contribution in [0.5, 0.6) is 0 Å². The van der Waals surface area contributed by atoms with Gasteiger partial charge in [-0.05, 0) is 31.9 Å². The van der Waals surface area contributed by atoms with Gasteiger partial charge in [-0.15, -0.1) is 0 Å². The Hall–Kier alpha value is -1.15. The van der Waals surface area contributed by atoms with Crippen LogP contribution in [-0.4, -0.2) is 18.9 Å². The number of carbonyl (C=O) groups is 1. The maximum absolute atomic E-state index is 11.9. The number of nitrogens with one attached hydrogen (secondary N) is 1. The molecule has 0 saturated carbocycles. The van der Waals surface area contributed by atoms with E-state index in [-0.39, 0.29) is 5.78 Å². The van der Waals surface area contributed by atoms with Crippen molar-refractivity contribution in [1.82, 2.24) is 5.32 Å². The topological polar surface area (TPSA) is 29.1 Å². The fraction of sp³-hybridized carbons (Fsp3) is 0.500. The lowest BCUT2D eigenvalue weighted by molar-refractivity contribution is 0.0990. The summed E-state index contributed by atoms with van der Waals surface area (Å²) < 4.78 is 0. The molecule has 2 heteroatoms. The Kier molecular flexibility index (Phi) is 4.69. The minimum atomic E-state index is 0.179. The highest BCUT2D eigenvalue weighted by Gasteiger charge is 2.08. The lowest BCUT2D eigenvalue weighted by Gasteiger charge is -2.08. The Balaban J connectivity index is 2.59. The third-order valence-electron chi connectivity index (χ3n) is 2.52. The van der Waals surface area contributed by atoms with Crippen molar-refractivity contribution in [3.8, 4) is 0 Å². The summed E-state index contributed by atoms with van der Waals surface area (Å²) in [5.74, 6) is 0.755. The summed E-state index contributed by atoms with van der Waals surface area (Å²) in [6.45, 7) is 9.61. The molecule has 16 heavy (non-hydrogen) atoms. The Morgan fingerprint density at radius 2 is 2.00 bits per heavy atom. The molecule has 2 nitrogen and oxygen atoms in total. The van der Waals surface area contributed by atoms with Crippen LogP contribution in [-0.2, 0) is 0 Å². The number of hydrogen-bond donors (Lipinski definition) is 1. The molecule has 0 heterocycles. The number of rotatable bonds is 5. The first-order valence-corrected chi connectivity index (χ1v) is 5.82. The Bertz CT molecular complexity index is 369. The van der Waals surface area contributed by atoms with Crippen LogP contribution in [0.3, 0.4) is 0 Å². The van der Waals surface area contributed by atoms with Gasteiger partial charge in [0.25, 0.3) is 0 Å². The van der Waals surface area contributed by atoms with Crippen molar-refractivity contribution in [2.24, 2.45) is 5.92 Å². The Morgan fingerprint density at radius 1 is 1.31 bits per heavy atom. The van der Waals surface area contributed by atoms with Crippen LogP contribution in [0.2, 0.25) is 0 Å². The summed E-state index contributed by atoms with van der Waals surface area (Å²) in [7, 11) is 0. The molecule has 1 aromatic carbocycles. The molecule has 0 amide bonds. The van der Waals surface area contributed by atoms with Crippen molar-refractivity contribution in [1.29, 1.82) is 0 Å². The van der Waals surface area contributed by atoms with Crippen molar-refractivity contribution in [2.75, 3.05) is 13.1 Å². The van der Waals surface area contributed by atoms with Crippen LogP contribution in [0.1, 0.15) is 35.3 Å². The van der Waals surface area contributed by atoms with Gasteiger partial charge in [0.15, 0.2) is 5.78 Å². The zero-order valence-electron chi connectivity index (χ0n) is 10.6. The van der Waals surface area contributed by atoms with E-state index in [1.165, 1.54) is 5.56 Å². The van der Waals surface area contributed by atoms with E-state index in [9.17, 15) is 4.79 Å². The van der Waals surface area contributed by atoms with Gasteiger partial charge in [0.2, 0.25) is 0 Å². The highest BCUT2D eigenvalue weighted by Crippen LogP contribution is 2.10. The van der Waals surface area contributed by atoms with Crippen LogP contribution in [0.15, 0.2) is 18.2 Å². The number of carbonyl (C=O) groups excluding carboxylic acids is 1. The van der Waals surface area contributed by atoms with E-state index in [0.717, 1.165) is 17.7 Å². The van der Waals surface area contributed by atoms with Crippen LogP contribution in [0.4, 0.5) is 0 Å². The number of aryl methyl sites for hydroxylation is 2. The maximum Gasteiger partial charge on any atom is 0.176 e. The monoisotopic (exact) mass is 219 g/mol. The lowest BCUT2D eigenvalue weighted by Crippen LogP contribution is -2.27. The van der Waals surface area contributed by atoms with E-state index in [0.29, 0.717) is 12.5 Å². The lowest BCUT2D eigenvalue weighted by atomic mass is 10.0. The molecule has 0 aliphatic carbocycles. The molecular formula is C14H21NO. The summed E-state index contributed by atoms with van der Waals surface area (Å²) >= 11 is 0. The van der Waals surface area contributed by atoms with Crippen molar-refractivity contribution >= 4 is 5.78 Å². The maximum atomic E-state index is 11.9. The average Bonchev–Trinajstić information content (AvgIpc) is 2.16. The second-order valence-electron chi connectivity index (χ2n) is 4.77. The van der Waals surface area contributed by atoms with Crippen molar-refractivity contribution in [2.45, 2.75) is 27.7 Å². The van der Waals surface area contributed by atoms with Crippen molar-refractivity contribution in [3.63, 3.8) is 0 Å². The molecule has 0 bridgehead atoms. The van der Waals surface area contributed by atoms with Gasteiger partial charge in [-0.3, -0.25) is 4.79 Å². The van der Waals surface area contributed by atoms with Crippen LogP contribution < -0.4 is 5.32 Å². The van der Waals surface area contributed by atoms with Crippen LogP contribution >= 0.6 is 0 Å². The number of ketones is 1. The molecule has 1 N–H and O–H groups in total. The minimum absolute atomic E-state index is 0.179. The highest BCUT2D eigenvalue weighted by atomic mass is 16.1. The molecule has 0 aliphatic heterocycles. The first-order valence-electron chi connectivity index (χ1n) is 5.82. The first-order chi connectivity index (χ1) is 7.50. The zero-order valence-corrected chi connectivity index (χ0v) is 10.6. The van der Waals surface area contributed by atoms with Gasteiger partial charge in [0.05, 0.1) is 6.54 Å². The van der Waals surface area contributed by atoms with Gasteiger partial charge in [-0.25, -0.2) is 0 Å². The zero-order chi connectivity index (χ0) is 12.1. The molecule has 1 aromatic rings. The Morgan fingerprint density at radius 3 is 2.56 bits per heavy atom. The fourth-order valence-electron chi connectivity index (χ4n) is 1.70. The van der Waals surface area contributed by atoms with Crippen molar-refractivity contribution < 1.29 is 4.79 Å². The SMILES string of the molecule is Cc1ccc(C(=O)CNCC(C)C)c(C)c1. The quantitative estimate of drug-likeness (QED) is 0.771. The fourth-order valence-corrected chi connectivity index (χ4v) is 1.70. The predicted octanol–water partition coefficient (Wildman–Crippen LogP) is 2.73. The van der Waals surface area contributed by atoms with E-state index in [1.807, 2.05) is 26.0 Å². The van der Waals surface area contributed by atoms with Crippen LogP contribution in [0, 0.1) is 19.8 Å². The number of Topliss-reactive ketones (excluding diaryl/α,β-unsaturated/α-hetero) is 1. The molecule has 0 aromatic heterocycles. The summed E-state index contributed by atoms with van der Waals surface area (Å²) in [4.78, 5) is 11.9. The molecule has 0 aliphatic rings.